The molecule has 0 aromatic heterocycles. The lowest BCUT2D eigenvalue weighted by Crippen LogP contribution is -2.25. The zero-order valence-corrected chi connectivity index (χ0v) is 18.2. The first-order chi connectivity index (χ1) is 14.0. The highest BCUT2D eigenvalue weighted by Crippen LogP contribution is 2.27. The molecule has 0 saturated heterocycles. The van der Waals surface area contributed by atoms with Crippen molar-refractivity contribution < 1.29 is 13.2 Å². The molecule has 0 aliphatic rings. The SMILES string of the molecule is O=C(CCCNS(=O)(=O)c1ccc(Br)cc1)C(c1ccccc1)c1ccccc1. The highest BCUT2D eigenvalue weighted by atomic mass is 79.9. The van der Waals surface area contributed by atoms with Gasteiger partial charge in [-0.25, -0.2) is 13.1 Å². The van der Waals surface area contributed by atoms with Crippen molar-refractivity contribution in [3.8, 4) is 0 Å². The van der Waals surface area contributed by atoms with E-state index in [0.717, 1.165) is 15.6 Å². The Morgan fingerprint density at radius 3 is 1.86 bits per heavy atom. The summed E-state index contributed by atoms with van der Waals surface area (Å²) in [6, 6.07) is 25.8. The summed E-state index contributed by atoms with van der Waals surface area (Å²) in [5.41, 5.74) is 1.89. The Balaban J connectivity index is 1.63. The molecule has 29 heavy (non-hydrogen) atoms. The van der Waals surface area contributed by atoms with Gasteiger partial charge >= 0.3 is 0 Å². The second-order valence-electron chi connectivity index (χ2n) is 6.68. The van der Waals surface area contributed by atoms with E-state index in [1.54, 1.807) is 24.3 Å². The molecule has 0 fully saturated rings. The van der Waals surface area contributed by atoms with E-state index < -0.39 is 10.0 Å². The lowest BCUT2D eigenvalue weighted by Gasteiger charge is -2.17. The van der Waals surface area contributed by atoms with Crippen molar-refractivity contribution in [2.45, 2.75) is 23.7 Å². The summed E-state index contributed by atoms with van der Waals surface area (Å²) >= 11 is 3.29. The highest BCUT2D eigenvalue weighted by molar-refractivity contribution is 9.10. The number of hydrogen-bond acceptors (Lipinski definition) is 3. The lowest BCUT2D eigenvalue weighted by atomic mass is 9.86. The smallest absolute Gasteiger partial charge is 0.240 e. The summed E-state index contributed by atoms with van der Waals surface area (Å²) in [7, 11) is -3.58. The van der Waals surface area contributed by atoms with Crippen LogP contribution in [0.2, 0.25) is 0 Å². The molecule has 0 aliphatic heterocycles. The van der Waals surface area contributed by atoms with Gasteiger partial charge in [0.25, 0.3) is 0 Å². The van der Waals surface area contributed by atoms with Gasteiger partial charge in [0.2, 0.25) is 10.0 Å². The molecular formula is C23H22BrNO3S. The van der Waals surface area contributed by atoms with Crippen molar-refractivity contribution in [2.75, 3.05) is 6.54 Å². The number of nitrogens with one attached hydrogen (secondary N) is 1. The molecular weight excluding hydrogens is 450 g/mol. The van der Waals surface area contributed by atoms with Crippen LogP contribution < -0.4 is 4.72 Å². The van der Waals surface area contributed by atoms with Gasteiger partial charge in [-0.05, 0) is 41.8 Å². The topological polar surface area (TPSA) is 63.2 Å². The molecule has 0 heterocycles. The van der Waals surface area contributed by atoms with Crippen molar-refractivity contribution >= 4 is 31.7 Å². The molecule has 0 spiro atoms. The van der Waals surface area contributed by atoms with Gasteiger partial charge in [-0.3, -0.25) is 4.79 Å². The van der Waals surface area contributed by atoms with Crippen LogP contribution in [-0.2, 0) is 14.8 Å². The number of Topliss-reactive ketones (excluding diaryl/α,β-unsaturated/α-hetero) is 1. The van der Waals surface area contributed by atoms with E-state index in [9.17, 15) is 13.2 Å². The summed E-state index contributed by atoms with van der Waals surface area (Å²) in [6.07, 6.45) is 0.724. The maximum absolute atomic E-state index is 13.0. The minimum Gasteiger partial charge on any atom is -0.299 e. The van der Waals surface area contributed by atoms with Gasteiger partial charge in [0.1, 0.15) is 5.78 Å². The van der Waals surface area contributed by atoms with Crippen LogP contribution in [0.25, 0.3) is 0 Å². The first-order valence-electron chi connectivity index (χ1n) is 9.35. The van der Waals surface area contributed by atoms with Gasteiger partial charge in [-0.15, -0.1) is 0 Å². The van der Waals surface area contributed by atoms with Crippen LogP contribution in [-0.4, -0.2) is 20.7 Å². The first-order valence-corrected chi connectivity index (χ1v) is 11.6. The largest absolute Gasteiger partial charge is 0.299 e. The number of carbonyl (C=O) groups is 1. The Bertz CT molecular complexity index is 997. The Morgan fingerprint density at radius 1 is 0.828 bits per heavy atom. The maximum atomic E-state index is 13.0. The summed E-state index contributed by atoms with van der Waals surface area (Å²) < 4.78 is 28.1. The third-order valence-electron chi connectivity index (χ3n) is 4.60. The molecule has 0 saturated carbocycles. The molecule has 3 rings (SSSR count). The Hall–Kier alpha value is -2.28. The molecule has 0 radical (unpaired) electrons. The zero-order valence-electron chi connectivity index (χ0n) is 15.8. The molecule has 3 aromatic carbocycles. The van der Waals surface area contributed by atoms with E-state index in [0.29, 0.717) is 6.42 Å². The predicted molar refractivity (Wildman–Crippen MR) is 118 cm³/mol. The van der Waals surface area contributed by atoms with Gasteiger partial charge in [-0.2, -0.15) is 0 Å². The van der Waals surface area contributed by atoms with Gasteiger partial charge in [0.05, 0.1) is 10.8 Å². The predicted octanol–water partition coefficient (Wildman–Crippen LogP) is 4.91. The first kappa shape index (κ1) is 21.4. The summed E-state index contributed by atoms with van der Waals surface area (Å²) in [4.78, 5) is 13.2. The minimum absolute atomic E-state index is 0.0743. The zero-order chi connectivity index (χ0) is 20.7. The Kier molecular flexibility index (Phi) is 7.36. The number of hydrogen-bond donors (Lipinski definition) is 1. The number of halogens is 1. The van der Waals surface area contributed by atoms with Crippen LogP contribution in [0, 0.1) is 0 Å². The van der Waals surface area contributed by atoms with E-state index in [2.05, 4.69) is 20.7 Å². The average Bonchev–Trinajstić information content (AvgIpc) is 2.73. The molecule has 150 valence electrons. The number of benzene rings is 3. The molecule has 0 unspecified atom stereocenters. The van der Waals surface area contributed by atoms with Gasteiger partial charge in [0.15, 0.2) is 0 Å². The quantitative estimate of drug-likeness (QED) is 0.451. The molecule has 0 bridgehead atoms. The van der Waals surface area contributed by atoms with Crippen LogP contribution in [0.5, 0.6) is 0 Å². The fourth-order valence-electron chi connectivity index (χ4n) is 3.17. The molecule has 4 nitrogen and oxygen atoms in total. The summed E-state index contributed by atoms with van der Waals surface area (Å²) in [5, 5.41) is 0. The van der Waals surface area contributed by atoms with E-state index in [1.165, 1.54) is 0 Å². The maximum Gasteiger partial charge on any atom is 0.240 e. The molecule has 0 amide bonds. The number of sulfonamides is 1. The number of ketones is 1. The van der Waals surface area contributed by atoms with E-state index in [4.69, 9.17) is 0 Å². The van der Waals surface area contributed by atoms with Crippen molar-refractivity contribution in [1.82, 2.24) is 4.72 Å². The molecule has 3 aromatic rings. The van der Waals surface area contributed by atoms with E-state index in [1.807, 2.05) is 60.7 Å². The molecule has 6 heteroatoms. The van der Waals surface area contributed by atoms with E-state index >= 15 is 0 Å². The number of rotatable bonds is 9. The van der Waals surface area contributed by atoms with Crippen molar-refractivity contribution in [2.24, 2.45) is 0 Å². The third kappa shape index (κ3) is 5.85. The molecule has 0 aliphatic carbocycles. The van der Waals surface area contributed by atoms with Crippen LogP contribution in [0.4, 0.5) is 0 Å². The Labute approximate surface area is 180 Å². The van der Waals surface area contributed by atoms with E-state index in [-0.39, 0.29) is 29.6 Å². The van der Waals surface area contributed by atoms with Gasteiger partial charge in [-0.1, -0.05) is 76.6 Å². The lowest BCUT2D eigenvalue weighted by molar-refractivity contribution is -0.119. The van der Waals surface area contributed by atoms with Gasteiger partial charge < -0.3 is 0 Å². The van der Waals surface area contributed by atoms with Crippen LogP contribution in [0.3, 0.4) is 0 Å². The minimum atomic E-state index is -3.58. The van der Waals surface area contributed by atoms with Crippen LogP contribution >= 0.6 is 15.9 Å². The summed E-state index contributed by atoms with van der Waals surface area (Å²) in [5.74, 6) is -0.272. The standard InChI is InChI=1S/C23H22BrNO3S/c24-20-13-15-21(16-14-20)29(27,28)25-17-7-12-22(26)23(18-8-3-1-4-9-18)19-10-5-2-6-11-19/h1-6,8-11,13-16,23,25H,7,12,17H2. The van der Waals surface area contributed by atoms with Crippen LogP contribution in [0.15, 0.2) is 94.3 Å². The molecule has 0 atom stereocenters. The third-order valence-corrected chi connectivity index (χ3v) is 6.61. The highest BCUT2D eigenvalue weighted by Gasteiger charge is 2.22. The average molecular weight is 472 g/mol. The second-order valence-corrected chi connectivity index (χ2v) is 9.36. The normalized spacial score (nSPS) is 11.5. The fourth-order valence-corrected chi connectivity index (χ4v) is 4.50. The Morgan fingerprint density at radius 2 is 1.34 bits per heavy atom. The van der Waals surface area contributed by atoms with Gasteiger partial charge in [0, 0.05) is 17.4 Å². The number of carbonyl (C=O) groups excluding carboxylic acids is 1. The second kappa shape index (κ2) is 9.96. The van der Waals surface area contributed by atoms with Crippen molar-refractivity contribution in [3.63, 3.8) is 0 Å². The monoisotopic (exact) mass is 471 g/mol. The van der Waals surface area contributed by atoms with Crippen LogP contribution in [0.1, 0.15) is 29.9 Å². The van der Waals surface area contributed by atoms with Crippen molar-refractivity contribution in [1.29, 1.82) is 0 Å². The fraction of sp³-hybridized carbons (Fsp3) is 0.174. The molecule has 1 N–H and O–H groups in total. The van der Waals surface area contributed by atoms with Crippen molar-refractivity contribution in [3.05, 3.63) is 101 Å². The summed E-state index contributed by atoms with van der Waals surface area (Å²) in [6.45, 7) is 0.209.